The number of esters is 1. The van der Waals surface area contributed by atoms with Crippen molar-refractivity contribution in [3.8, 4) is 0 Å². The number of hydrogen-bond donors (Lipinski definition) is 3. The number of hydrogen-bond acceptors (Lipinski definition) is 6. The van der Waals surface area contributed by atoms with Gasteiger partial charge in [0.25, 0.3) is 0 Å². The van der Waals surface area contributed by atoms with Gasteiger partial charge in [-0.05, 0) is 12.0 Å². The van der Waals surface area contributed by atoms with E-state index in [1.165, 1.54) is 0 Å². The van der Waals surface area contributed by atoms with Crippen LogP contribution in [0.25, 0.3) is 0 Å². The van der Waals surface area contributed by atoms with Crippen LogP contribution < -0.4 is 0 Å². The fourth-order valence-corrected chi connectivity index (χ4v) is 2.92. The molecule has 116 valence electrons. The summed E-state index contributed by atoms with van der Waals surface area (Å²) in [6, 6.07) is 0. The predicted octanol–water partition coefficient (Wildman–Crippen LogP) is -0.278. The maximum Gasteiger partial charge on any atom is 0.309 e. The molecule has 0 aromatic carbocycles. The van der Waals surface area contributed by atoms with E-state index in [4.69, 9.17) is 4.74 Å². The van der Waals surface area contributed by atoms with Crippen molar-refractivity contribution in [1.82, 2.24) is 0 Å². The molecule has 2 aliphatic rings. The highest BCUT2D eigenvalue weighted by Gasteiger charge is 2.51. The van der Waals surface area contributed by atoms with E-state index in [1.54, 1.807) is 6.92 Å². The third-order valence-electron chi connectivity index (χ3n) is 4.42. The Balaban J connectivity index is 2.41. The number of rotatable bonds is 0. The van der Waals surface area contributed by atoms with Gasteiger partial charge in [-0.1, -0.05) is 20.1 Å². The van der Waals surface area contributed by atoms with Crippen LogP contribution in [0.4, 0.5) is 0 Å². The lowest BCUT2D eigenvalue weighted by atomic mass is 9.77. The largest absolute Gasteiger partial charge is 0.459 e. The Morgan fingerprint density at radius 1 is 1.10 bits per heavy atom. The summed E-state index contributed by atoms with van der Waals surface area (Å²) >= 11 is 0. The lowest BCUT2D eigenvalue weighted by Gasteiger charge is -2.32. The summed E-state index contributed by atoms with van der Waals surface area (Å²) in [5.41, 5.74) is 0.258. The predicted molar refractivity (Wildman–Crippen MR) is 73.1 cm³/mol. The number of fused-ring (bicyclic) bond motifs is 1. The molecule has 1 saturated heterocycles. The Labute approximate surface area is 122 Å². The van der Waals surface area contributed by atoms with Gasteiger partial charge in [0.2, 0.25) is 0 Å². The topological polar surface area (TPSA) is 104 Å². The van der Waals surface area contributed by atoms with Gasteiger partial charge in [0.15, 0.2) is 5.78 Å². The molecule has 6 heteroatoms. The van der Waals surface area contributed by atoms with Crippen molar-refractivity contribution in [2.45, 2.75) is 44.2 Å². The molecule has 1 heterocycles. The van der Waals surface area contributed by atoms with Crippen molar-refractivity contribution < 1.29 is 29.6 Å². The lowest BCUT2D eigenvalue weighted by Crippen LogP contribution is -2.47. The number of Topliss-reactive ketones (excluding diaryl/α,β-unsaturated/α-hetero) is 1. The lowest BCUT2D eigenvalue weighted by molar-refractivity contribution is -0.147. The Bertz CT molecular complexity index is 496. The first-order valence-electron chi connectivity index (χ1n) is 6.90. The summed E-state index contributed by atoms with van der Waals surface area (Å²) in [5.74, 6) is -2.49. The highest BCUT2D eigenvalue weighted by atomic mass is 16.6. The molecule has 1 aliphatic heterocycles. The van der Waals surface area contributed by atoms with Crippen LogP contribution in [0.15, 0.2) is 24.3 Å². The molecule has 1 aliphatic carbocycles. The molecular formula is C15H20O6. The minimum Gasteiger partial charge on any atom is -0.459 e. The second-order valence-corrected chi connectivity index (χ2v) is 5.75. The van der Waals surface area contributed by atoms with Crippen LogP contribution in [-0.4, -0.2) is 51.5 Å². The zero-order chi connectivity index (χ0) is 15.9. The van der Waals surface area contributed by atoms with Crippen molar-refractivity contribution in [3.63, 3.8) is 0 Å². The molecule has 21 heavy (non-hydrogen) atoms. The van der Waals surface area contributed by atoms with Crippen LogP contribution in [0.1, 0.15) is 19.8 Å². The second-order valence-electron chi connectivity index (χ2n) is 5.75. The van der Waals surface area contributed by atoms with Crippen LogP contribution in [-0.2, 0) is 14.3 Å². The average molecular weight is 296 g/mol. The first-order valence-corrected chi connectivity index (χ1v) is 6.90. The van der Waals surface area contributed by atoms with Gasteiger partial charge in [-0.25, -0.2) is 0 Å². The number of ketones is 1. The Kier molecular flexibility index (Phi) is 4.32. The van der Waals surface area contributed by atoms with Crippen molar-refractivity contribution in [2.75, 3.05) is 0 Å². The van der Waals surface area contributed by atoms with Gasteiger partial charge in [0, 0.05) is 17.9 Å². The molecule has 1 saturated carbocycles. The molecule has 2 fully saturated rings. The summed E-state index contributed by atoms with van der Waals surface area (Å²) < 4.78 is 5.14. The molecule has 6 nitrogen and oxygen atoms in total. The van der Waals surface area contributed by atoms with Crippen molar-refractivity contribution in [1.29, 1.82) is 0 Å². The van der Waals surface area contributed by atoms with Crippen molar-refractivity contribution in [3.05, 3.63) is 24.3 Å². The Morgan fingerprint density at radius 3 is 2.33 bits per heavy atom. The monoisotopic (exact) mass is 296 g/mol. The first-order chi connectivity index (χ1) is 9.75. The normalized spacial score (nSPS) is 41.7. The highest BCUT2D eigenvalue weighted by molar-refractivity contribution is 5.96. The zero-order valence-electron chi connectivity index (χ0n) is 11.9. The first kappa shape index (κ1) is 15.9. The average Bonchev–Trinajstić information content (AvgIpc) is 2.76. The molecule has 0 bridgehead atoms. The van der Waals surface area contributed by atoms with E-state index in [0.717, 1.165) is 0 Å². The van der Waals surface area contributed by atoms with Gasteiger partial charge in [-0.3, -0.25) is 9.59 Å². The quantitative estimate of drug-likeness (QED) is 0.323. The highest BCUT2D eigenvalue weighted by Crippen LogP contribution is 2.37. The second kappa shape index (κ2) is 5.71. The van der Waals surface area contributed by atoms with Gasteiger partial charge in [-0.2, -0.15) is 0 Å². The maximum atomic E-state index is 11.9. The third-order valence-corrected chi connectivity index (χ3v) is 4.42. The molecule has 0 aromatic rings. The molecule has 0 amide bonds. The van der Waals surface area contributed by atoms with Gasteiger partial charge < -0.3 is 20.1 Å². The number of aliphatic hydroxyl groups excluding tert-OH is 3. The SMILES string of the molecule is C=C1C(=O)CCC(=C)C(O)C2OC(=O)C(C)C2C(O)C1O. The van der Waals surface area contributed by atoms with E-state index < -0.39 is 48.0 Å². The van der Waals surface area contributed by atoms with Gasteiger partial charge in [0.05, 0.1) is 12.0 Å². The number of aliphatic hydroxyl groups is 3. The maximum absolute atomic E-state index is 11.9. The third kappa shape index (κ3) is 2.66. The number of carbonyl (C=O) groups is 2. The Morgan fingerprint density at radius 2 is 1.71 bits per heavy atom. The van der Waals surface area contributed by atoms with Crippen LogP contribution in [0.3, 0.4) is 0 Å². The zero-order valence-corrected chi connectivity index (χ0v) is 11.9. The number of carbonyl (C=O) groups excluding carboxylic acids is 2. The van der Waals surface area contributed by atoms with Crippen LogP contribution >= 0.6 is 0 Å². The van der Waals surface area contributed by atoms with Crippen molar-refractivity contribution >= 4 is 11.8 Å². The summed E-state index contributed by atoms with van der Waals surface area (Å²) in [6.45, 7) is 8.79. The van der Waals surface area contributed by atoms with E-state index in [9.17, 15) is 24.9 Å². The molecule has 6 unspecified atom stereocenters. The molecular weight excluding hydrogens is 276 g/mol. The van der Waals surface area contributed by atoms with Crippen LogP contribution in [0, 0.1) is 11.8 Å². The minimum atomic E-state index is -1.49. The molecule has 0 aromatic heterocycles. The fraction of sp³-hybridized carbons (Fsp3) is 0.600. The van der Waals surface area contributed by atoms with Gasteiger partial charge in [-0.15, -0.1) is 0 Å². The van der Waals surface area contributed by atoms with E-state index in [-0.39, 0.29) is 18.4 Å². The van der Waals surface area contributed by atoms with Crippen molar-refractivity contribution in [2.24, 2.45) is 11.8 Å². The minimum absolute atomic E-state index is 0.0272. The van der Waals surface area contributed by atoms with E-state index in [1.807, 2.05) is 0 Å². The molecule has 0 spiro atoms. The van der Waals surface area contributed by atoms with Gasteiger partial charge >= 0.3 is 5.97 Å². The molecule has 0 radical (unpaired) electrons. The van der Waals surface area contributed by atoms with E-state index in [2.05, 4.69) is 13.2 Å². The molecule has 3 N–H and O–H groups in total. The van der Waals surface area contributed by atoms with Crippen LogP contribution in [0.5, 0.6) is 0 Å². The van der Waals surface area contributed by atoms with Gasteiger partial charge in [0.1, 0.15) is 18.3 Å². The smallest absolute Gasteiger partial charge is 0.309 e. The van der Waals surface area contributed by atoms with E-state index in [0.29, 0.717) is 5.57 Å². The summed E-state index contributed by atoms with van der Waals surface area (Å²) in [6.07, 6.45) is -4.83. The summed E-state index contributed by atoms with van der Waals surface area (Å²) in [5, 5.41) is 30.7. The molecule has 6 atom stereocenters. The van der Waals surface area contributed by atoms with E-state index >= 15 is 0 Å². The summed E-state index contributed by atoms with van der Waals surface area (Å²) in [4.78, 5) is 23.6. The Hall–Kier alpha value is -1.50. The summed E-state index contributed by atoms with van der Waals surface area (Å²) in [7, 11) is 0. The fourth-order valence-electron chi connectivity index (χ4n) is 2.92. The van der Waals surface area contributed by atoms with Crippen LogP contribution in [0.2, 0.25) is 0 Å². The molecule has 2 rings (SSSR count). The standard InChI is InChI=1S/C15H20O6/c1-6-4-5-9(16)7(2)12(18)13(19)10-8(3)15(20)21-14(10)11(6)17/h8,10-14,17-19H,1-2,4-5H2,3H3. The number of ether oxygens (including phenoxy) is 1.